The third-order valence-corrected chi connectivity index (χ3v) is 5.07. The first-order valence-corrected chi connectivity index (χ1v) is 8.50. The number of hydrogen-bond donors (Lipinski definition) is 2. The number of carbonyl (C=O) groups is 1. The number of rotatable bonds is 5. The molecule has 1 unspecified atom stereocenters. The summed E-state index contributed by atoms with van der Waals surface area (Å²) in [4.78, 5) is 10.8. The molecule has 1 aromatic heterocycles. The number of nitrogens with zero attached hydrogens (tertiary/aromatic N) is 2. The van der Waals surface area contributed by atoms with Crippen LogP contribution in [0.15, 0.2) is 18.3 Å². The lowest BCUT2D eigenvalue weighted by molar-refractivity contribution is -0.137. The van der Waals surface area contributed by atoms with Crippen LogP contribution in [0.4, 0.5) is 8.78 Å². The van der Waals surface area contributed by atoms with Crippen molar-refractivity contribution in [2.75, 3.05) is 0 Å². The molecule has 2 aromatic rings. The summed E-state index contributed by atoms with van der Waals surface area (Å²) in [5.74, 6) is -1.99. The number of benzene rings is 1. The molecule has 5 nitrogen and oxygen atoms in total. The van der Waals surface area contributed by atoms with Gasteiger partial charge in [0.15, 0.2) is 4.77 Å². The van der Waals surface area contributed by atoms with Gasteiger partial charge in [-0.25, -0.2) is 8.78 Å². The molecule has 1 heterocycles. The van der Waals surface area contributed by atoms with Crippen LogP contribution in [-0.2, 0) is 30.7 Å². The minimum atomic E-state index is -0.901. The van der Waals surface area contributed by atoms with Gasteiger partial charge in [0.1, 0.15) is 11.6 Å². The summed E-state index contributed by atoms with van der Waals surface area (Å²) >= 11 is 5.49. The maximum absolute atomic E-state index is 13.9. The van der Waals surface area contributed by atoms with Gasteiger partial charge in [-0.2, -0.15) is 0 Å². The largest absolute Gasteiger partial charge is 0.481 e. The van der Waals surface area contributed by atoms with E-state index in [-0.39, 0.29) is 25.6 Å². The molecule has 0 saturated carbocycles. The number of halogens is 2. The molecule has 0 aliphatic heterocycles. The van der Waals surface area contributed by atoms with Gasteiger partial charge in [-0.05, 0) is 48.7 Å². The van der Waals surface area contributed by atoms with Crippen LogP contribution in [0.25, 0.3) is 0 Å². The summed E-state index contributed by atoms with van der Waals surface area (Å²) in [6.07, 6.45) is 3.37. The first-order chi connectivity index (χ1) is 11.9. The van der Waals surface area contributed by atoms with Crippen LogP contribution in [0.5, 0.6) is 0 Å². The number of aryl methyl sites for hydroxylation is 1. The number of nitrogens with two attached hydrogens (primary N) is 1. The Kier molecular flexibility index (Phi) is 5.01. The standard InChI is InChI=1S/C17H19F2N3O2S/c18-11-5-10-6-12(1-2-14(10)15(19)7-11)22-13(8-20)9-21(17(22)25)4-3-16(23)24/h5,7,9,12H,1-4,6,8,20H2,(H,23,24). The van der Waals surface area contributed by atoms with E-state index < -0.39 is 17.6 Å². The van der Waals surface area contributed by atoms with E-state index in [1.165, 1.54) is 6.07 Å². The molecule has 1 aromatic carbocycles. The van der Waals surface area contributed by atoms with Crippen molar-refractivity contribution in [1.82, 2.24) is 9.13 Å². The molecule has 0 amide bonds. The van der Waals surface area contributed by atoms with Gasteiger partial charge in [-0.1, -0.05) is 0 Å². The highest BCUT2D eigenvalue weighted by Crippen LogP contribution is 2.32. The van der Waals surface area contributed by atoms with Gasteiger partial charge in [0.2, 0.25) is 0 Å². The monoisotopic (exact) mass is 367 g/mol. The second kappa shape index (κ2) is 7.05. The second-order valence-electron chi connectivity index (χ2n) is 6.24. The maximum atomic E-state index is 13.9. The van der Waals surface area contributed by atoms with Crippen molar-refractivity contribution in [3.8, 4) is 0 Å². The van der Waals surface area contributed by atoms with Crippen LogP contribution in [-0.4, -0.2) is 20.2 Å². The summed E-state index contributed by atoms with van der Waals surface area (Å²) < 4.78 is 31.6. The molecule has 3 N–H and O–H groups in total. The number of hydrogen-bond acceptors (Lipinski definition) is 3. The zero-order valence-electron chi connectivity index (χ0n) is 13.5. The van der Waals surface area contributed by atoms with E-state index in [0.717, 1.165) is 11.8 Å². The predicted molar refractivity (Wildman–Crippen MR) is 90.8 cm³/mol. The number of fused-ring (bicyclic) bond motifs is 1. The van der Waals surface area contributed by atoms with E-state index in [2.05, 4.69) is 0 Å². The Morgan fingerprint density at radius 2 is 2.16 bits per heavy atom. The van der Waals surface area contributed by atoms with Gasteiger partial charge >= 0.3 is 5.97 Å². The van der Waals surface area contributed by atoms with Crippen molar-refractivity contribution < 1.29 is 18.7 Å². The van der Waals surface area contributed by atoms with Gasteiger partial charge in [0, 0.05) is 31.4 Å². The molecule has 0 bridgehead atoms. The number of aliphatic carboxylic acids is 1. The third kappa shape index (κ3) is 3.50. The van der Waals surface area contributed by atoms with E-state index >= 15 is 0 Å². The quantitative estimate of drug-likeness (QED) is 0.797. The number of imidazole rings is 1. The van der Waals surface area contributed by atoms with Crippen molar-refractivity contribution in [2.24, 2.45) is 5.73 Å². The number of carboxylic acid groups (broad SMARTS) is 1. The van der Waals surface area contributed by atoms with E-state index in [1.54, 1.807) is 10.8 Å². The first kappa shape index (κ1) is 17.8. The maximum Gasteiger partial charge on any atom is 0.305 e. The fourth-order valence-electron chi connectivity index (χ4n) is 3.48. The number of aromatic nitrogens is 2. The zero-order chi connectivity index (χ0) is 18.1. The summed E-state index contributed by atoms with van der Waals surface area (Å²) in [6.45, 7) is 0.519. The molecular formula is C17H19F2N3O2S. The van der Waals surface area contributed by atoms with E-state index in [0.29, 0.717) is 35.2 Å². The summed E-state index contributed by atoms with van der Waals surface area (Å²) in [7, 11) is 0. The Hall–Kier alpha value is -2.06. The Balaban J connectivity index is 1.94. The first-order valence-electron chi connectivity index (χ1n) is 8.10. The lowest BCUT2D eigenvalue weighted by Crippen LogP contribution is -2.22. The van der Waals surface area contributed by atoms with Crippen molar-refractivity contribution >= 4 is 18.2 Å². The lowest BCUT2D eigenvalue weighted by Gasteiger charge is -2.27. The summed E-state index contributed by atoms with van der Waals surface area (Å²) in [5, 5.41) is 8.86. The highest BCUT2D eigenvalue weighted by atomic mass is 32.1. The Bertz CT molecular complexity index is 876. The predicted octanol–water partition coefficient (Wildman–Crippen LogP) is 2.96. The van der Waals surface area contributed by atoms with E-state index in [9.17, 15) is 13.6 Å². The third-order valence-electron chi connectivity index (χ3n) is 4.64. The van der Waals surface area contributed by atoms with Gasteiger partial charge in [0.25, 0.3) is 0 Å². The van der Waals surface area contributed by atoms with Gasteiger partial charge < -0.3 is 20.0 Å². The lowest BCUT2D eigenvalue weighted by atomic mass is 9.87. The molecule has 0 fully saturated rings. The van der Waals surface area contributed by atoms with Crippen molar-refractivity contribution in [2.45, 2.75) is 44.8 Å². The van der Waals surface area contributed by atoms with Crippen LogP contribution >= 0.6 is 12.2 Å². The van der Waals surface area contributed by atoms with E-state index in [1.807, 2.05) is 4.57 Å². The molecule has 3 rings (SSSR count). The van der Waals surface area contributed by atoms with Crippen molar-refractivity contribution in [1.29, 1.82) is 0 Å². The van der Waals surface area contributed by atoms with E-state index in [4.69, 9.17) is 23.1 Å². The van der Waals surface area contributed by atoms with Gasteiger partial charge in [0.05, 0.1) is 12.1 Å². The topological polar surface area (TPSA) is 73.2 Å². The summed E-state index contributed by atoms with van der Waals surface area (Å²) in [6, 6.07) is 2.24. The molecule has 1 aliphatic carbocycles. The molecule has 1 atom stereocenters. The molecule has 25 heavy (non-hydrogen) atoms. The summed E-state index contributed by atoms with van der Waals surface area (Å²) in [5.41, 5.74) is 7.82. The Morgan fingerprint density at radius 3 is 2.84 bits per heavy atom. The van der Waals surface area contributed by atoms with Crippen LogP contribution in [0.3, 0.4) is 0 Å². The second-order valence-corrected chi connectivity index (χ2v) is 6.60. The fourth-order valence-corrected chi connectivity index (χ4v) is 3.89. The fraction of sp³-hybridized carbons (Fsp3) is 0.412. The van der Waals surface area contributed by atoms with Gasteiger partial charge in [-0.15, -0.1) is 0 Å². The van der Waals surface area contributed by atoms with Crippen LogP contribution < -0.4 is 5.73 Å². The molecule has 8 heteroatoms. The molecule has 0 radical (unpaired) electrons. The van der Waals surface area contributed by atoms with Crippen LogP contribution in [0.2, 0.25) is 0 Å². The van der Waals surface area contributed by atoms with Crippen LogP contribution in [0, 0.1) is 16.4 Å². The minimum Gasteiger partial charge on any atom is -0.481 e. The molecule has 1 aliphatic rings. The smallest absolute Gasteiger partial charge is 0.305 e. The minimum absolute atomic E-state index is 0.0355. The molecule has 0 saturated heterocycles. The highest BCUT2D eigenvalue weighted by Gasteiger charge is 2.25. The van der Waals surface area contributed by atoms with Gasteiger partial charge in [-0.3, -0.25) is 4.79 Å². The van der Waals surface area contributed by atoms with Crippen molar-refractivity contribution in [3.05, 3.63) is 51.6 Å². The normalized spacial score (nSPS) is 16.7. The Morgan fingerprint density at radius 1 is 1.40 bits per heavy atom. The molecule has 0 spiro atoms. The molecular weight excluding hydrogens is 348 g/mol. The van der Waals surface area contributed by atoms with Crippen molar-refractivity contribution in [3.63, 3.8) is 0 Å². The zero-order valence-corrected chi connectivity index (χ0v) is 14.4. The highest BCUT2D eigenvalue weighted by molar-refractivity contribution is 7.71. The average Bonchev–Trinajstić information content (AvgIpc) is 2.88. The van der Waals surface area contributed by atoms with Crippen LogP contribution in [0.1, 0.15) is 35.7 Å². The average molecular weight is 367 g/mol. The SMILES string of the molecule is NCc1cn(CCC(=O)O)c(=S)n1C1CCc2c(F)cc(F)cc2C1. The molecule has 134 valence electrons. The Labute approximate surface area is 148 Å². The number of carboxylic acids is 1.